The van der Waals surface area contributed by atoms with Crippen molar-refractivity contribution in [2.45, 2.75) is 6.18 Å². The summed E-state index contributed by atoms with van der Waals surface area (Å²) in [5.41, 5.74) is 5.29. The van der Waals surface area contributed by atoms with Gasteiger partial charge in [0.1, 0.15) is 0 Å². The third-order valence-corrected chi connectivity index (χ3v) is 3.72. The summed E-state index contributed by atoms with van der Waals surface area (Å²) in [6.07, 6.45) is -2.57. The normalized spacial score (nSPS) is 13.3. The molecule has 1 heterocycles. The molecule has 204 valence electrons. The number of amides is 2. The number of ether oxygens (including phenoxy) is 6. The van der Waals surface area contributed by atoms with Gasteiger partial charge in [-0.2, -0.15) is 13.2 Å². The van der Waals surface area contributed by atoms with E-state index in [4.69, 9.17) is 44.1 Å². The predicted octanol–water partition coefficient (Wildman–Crippen LogP) is -0.397. The van der Waals surface area contributed by atoms with Crippen molar-refractivity contribution in [1.82, 2.24) is 4.90 Å². The maximum atomic E-state index is 11.3. The second-order valence-electron chi connectivity index (χ2n) is 6.43. The molecule has 3 N–H and O–H groups in total. The van der Waals surface area contributed by atoms with Crippen molar-refractivity contribution < 1.29 is 61.1 Å². The molecule has 0 saturated heterocycles. The number of rotatable bonds is 20. The van der Waals surface area contributed by atoms with Crippen molar-refractivity contribution in [2.75, 3.05) is 92.4 Å². The van der Waals surface area contributed by atoms with E-state index in [-0.39, 0.29) is 18.4 Å². The monoisotopic (exact) mass is 518 g/mol. The number of hydrogen-bond acceptors (Lipinski definition) is 10. The molecule has 35 heavy (non-hydrogen) atoms. The number of alkyl halides is 3. The zero-order chi connectivity index (χ0) is 26.4. The van der Waals surface area contributed by atoms with E-state index in [1.54, 1.807) is 0 Å². The van der Waals surface area contributed by atoms with Crippen molar-refractivity contribution in [1.29, 1.82) is 0 Å². The van der Waals surface area contributed by atoms with Crippen molar-refractivity contribution >= 4 is 17.8 Å². The Bertz CT molecular complexity index is 602. The molecule has 0 aromatic carbocycles. The molecule has 0 unspecified atom stereocenters. The van der Waals surface area contributed by atoms with E-state index in [0.29, 0.717) is 85.8 Å². The summed E-state index contributed by atoms with van der Waals surface area (Å²) in [5, 5.41) is 7.12. The largest absolute Gasteiger partial charge is 0.490 e. The Morgan fingerprint density at radius 3 is 1.29 bits per heavy atom. The highest BCUT2D eigenvalue weighted by Crippen LogP contribution is 2.13. The first-order valence-electron chi connectivity index (χ1n) is 10.7. The second kappa shape index (κ2) is 21.2. The average Bonchev–Trinajstić information content (AvgIpc) is 3.12. The van der Waals surface area contributed by atoms with Gasteiger partial charge < -0.3 is 39.3 Å². The number of carboxylic acids is 1. The van der Waals surface area contributed by atoms with E-state index in [0.717, 1.165) is 4.90 Å². The minimum atomic E-state index is -5.08. The van der Waals surface area contributed by atoms with Gasteiger partial charge in [-0.05, 0) is 0 Å². The van der Waals surface area contributed by atoms with Crippen LogP contribution in [0.15, 0.2) is 12.2 Å². The molecule has 15 heteroatoms. The summed E-state index contributed by atoms with van der Waals surface area (Å²) >= 11 is 0. The van der Waals surface area contributed by atoms with Gasteiger partial charge in [0.05, 0.1) is 85.8 Å². The minimum absolute atomic E-state index is 0.251. The summed E-state index contributed by atoms with van der Waals surface area (Å²) in [6.45, 7) is 6.46. The smallest absolute Gasteiger partial charge is 0.475 e. The van der Waals surface area contributed by atoms with Gasteiger partial charge in [-0.1, -0.05) is 0 Å². The minimum Gasteiger partial charge on any atom is -0.475 e. The molecular formula is C20H33F3N2O10. The van der Waals surface area contributed by atoms with E-state index in [2.05, 4.69) is 0 Å². The first-order chi connectivity index (χ1) is 16.7. The molecule has 0 aromatic heterocycles. The van der Waals surface area contributed by atoms with Crippen molar-refractivity contribution in [3.8, 4) is 0 Å². The quantitative estimate of drug-likeness (QED) is 0.160. The Kier molecular flexibility index (Phi) is 19.9. The third-order valence-electron chi connectivity index (χ3n) is 3.72. The van der Waals surface area contributed by atoms with Crippen molar-refractivity contribution in [3.05, 3.63) is 12.2 Å². The summed E-state index contributed by atoms with van der Waals surface area (Å²) < 4.78 is 63.6. The highest BCUT2D eigenvalue weighted by Gasteiger charge is 2.38. The summed E-state index contributed by atoms with van der Waals surface area (Å²) in [7, 11) is 0. The summed E-state index contributed by atoms with van der Waals surface area (Å²) in [4.78, 5) is 32.7. The van der Waals surface area contributed by atoms with Crippen LogP contribution in [-0.2, 0) is 42.8 Å². The van der Waals surface area contributed by atoms with E-state index in [1.807, 2.05) is 0 Å². The van der Waals surface area contributed by atoms with Crippen LogP contribution in [0.3, 0.4) is 0 Å². The lowest BCUT2D eigenvalue weighted by atomic mass is 10.5. The molecule has 2 amide bonds. The van der Waals surface area contributed by atoms with E-state index < -0.39 is 12.1 Å². The van der Waals surface area contributed by atoms with Gasteiger partial charge in [-0.15, -0.1) is 0 Å². The lowest BCUT2D eigenvalue weighted by Crippen LogP contribution is -2.33. The van der Waals surface area contributed by atoms with E-state index in [9.17, 15) is 22.8 Å². The van der Waals surface area contributed by atoms with E-state index in [1.165, 1.54) is 12.2 Å². The Morgan fingerprint density at radius 2 is 1.00 bits per heavy atom. The highest BCUT2D eigenvalue weighted by molar-refractivity contribution is 6.12. The molecule has 1 rings (SSSR count). The van der Waals surface area contributed by atoms with Crippen LogP contribution >= 0.6 is 0 Å². The van der Waals surface area contributed by atoms with Gasteiger partial charge in [0.25, 0.3) is 11.8 Å². The molecule has 1 aliphatic rings. The number of halogens is 3. The molecule has 0 bridgehead atoms. The van der Waals surface area contributed by atoms with Crippen LogP contribution in [0.25, 0.3) is 0 Å². The zero-order valence-corrected chi connectivity index (χ0v) is 19.3. The Hall–Kier alpha value is -2.14. The fourth-order valence-electron chi connectivity index (χ4n) is 2.09. The molecule has 0 atom stereocenters. The number of nitrogens with zero attached hydrogens (tertiary/aromatic N) is 1. The lowest BCUT2D eigenvalue weighted by Gasteiger charge is -2.13. The Balaban J connectivity index is 0.00000143. The van der Waals surface area contributed by atoms with Crippen molar-refractivity contribution in [3.63, 3.8) is 0 Å². The molecule has 1 aliphatic heterocycles. The molecule has 0 aromatic rings. The summed E-state index contributed by atoms with van der Waals surface area (Å²) in [5.74, 6) is -3.36. The molecule has 12 nitrogen and oxygen atoms in total. The molecule has 0 fully saturated rings. The Morgan fingerprint density at radius 1 is 0.714 bits per heavy atom. The van der Waals surface area contributed by atoms with Crippen LogP contribution in [0.4, 0.5) is 13.2 Å². The number of carboxylic acid groups (broad SMARTS) is 1. The SMILES string of the molecule is NCCOCCOCCOCCOCCOCCOCCN1C(=O)C=CC1=O.O=C(O)C(F)(F)F. The van der Waals surface area contributed by atoms with Crippen LogP contribution in [0, 0.1) is 0 Å². The molecule has 0 spiro atoms. The van der Waals surface area contributed by atoms with Gasteiger partial charge in [-0.3, -0.25) is 14.5 Å². The maximum absolute atomic E-state index is 11.3. The highest BCUT2D eigenvalue weighted by atomic mass is 19.4. The third kappa shape index (κ3) is 19.8. The number of carbonyl (C=O) groups is 3. The number of hydrogen-bond donors (Lipinski definition) is 2. The lowest BCUT2D eigenvalue weighted by molar-refractivity contribution is -0.192. The van der Waals surface area contributed by atoms with Gasteiger partial charge in [0.15, 0.2) is 0 Å². The van der Waals surface area contributed by atoms with E-state index >= 15 is 0 Å². The summed E-state index contributed by atoms with van der Waals surface area (Å²) in [6, 6.07) is 0. The fraction of sp³-hybridized carbons (Fsp3) is 0.750. The van der Waals surface area contributed by atoms with Crippen LogP contribution in [-0.4, -0.2) is 126 Å². The predicted molar refractivity (Wildman–Crippen MR) is 114 cm³/mol. The molecular weight excluding hydrogens is 485 g/mol. The number of carbonyl (C=O) groups excluding carboxylic acids is 2. The molecule has 0 aliphatic carbocycles. The first-order valence-corrected chi connectivity index (χ1v) is 10.7. The van der Waals surface area contributed by atoms with Gasteiger partial charge in [-0.25, -0.2) is 4.79 Å². The Labute approximate surface area is 201 Å². The van der Waals surface area contributed by atoms with Crippen LogP contribution in [0.2, 0.25) is 0 Å². The van der Waals surface area contributed by atoms with Gasteiger partial charge in [0, 0.05) is 18.7 Å². The second-order valence-corrected chi connectivity index (χ2v) is 6.43. The van der Waals surface area contributed by atoms with Crippen molar-refractivity contribution in [2.24, 2.45) is 5.73 Å². The average molecular weight is 518 g/mol. The number of imide groups is 1. The number of nitrogens with two attached hydrogens (primary N) is 1. The van der Waals surface area contributed by atoms with Gasteiger partial charge in [0.2, 0.25) is 0 Å². The fourth-order valence-corrected chi connectivity index (χ4v) is 2.09. The topological polar surface area (TPSA) is 156 Å². The zero-order valence-electron chi connectivity index (χ0n) is 19.3. The standard InChI is InChI=1S/C18H32N2O8.C2HF3O2/c19-3-5-23-7-9-25-11-13-27-15-16-28-14-12-26-10-8-24-6-4-20-17(21)1-2-18(20)22;3-2(4,5)1(6)7/h1-2H,3-16,19H2;(H,6,7). The molecule has 0 radical (unpaired) electrons. The molecule has 0 saturated carbocycles. The maximum Gasteiger partial charge on any atom is 0.490 e. The van der Waals surface area contributed by atoms with Crippen LogP contribution in [0.1, 0.15) is 0 Å². The first kappa shape index (κ1) is 32.9. The van der Waals surface area contributed by atoms with Crippen LogP contribution in [0.5, 0.6) is 0 Å². The number of aliphatic carboxylic acids is 1. The van der Waals surface area contributed by atoms with Gasteiger partial charge >= 0.3 is 12.1 Å². The van der Waals surface area contributed by atoms with Crippen LogP contribution < -0.4 is 5.73 Å².